The molecule has 1 aliphatic rings. The van der Waals surface area contributed by atoms with Crippen LogP contribution in [0.15, 0.2) is 17.5 Å². The summed E-state index contributed by atoms with van der Waals surface area (Å²) in [5.41, 5.74) is 6.02. The van der Waals surface area contributed by atoms with Crippen LogP contribution < -0.4 is 10.6 Å². The molecule has 1 fully saturated rings. The molecule has 86 valence electrons. The highest BCUT2D eigenvalue weighted by atomic mass is 16.4. The van der Waals surface area contributed by atoms with Gasteiger partial charge in [-0.15, -0.1) is 0 Å². The monoisotopic (exact) mass is 221 g/mol. The zero-order valence-corrected chi connectivity index (χ0v) is 9.17. The Morgan fingerprint density at radius 1 is 1.56 bits per heavy atom. The Hall–Kier alpha value is -1.85. The Kier molecular flexibility index (Phi) is 2.89. The predicted octanol–water partition coefficient (Wildman–Crippen LogP) is 0.560. The summed E-state index contributed by atoms with van der Waals surface area (Å²) in [4.78, 5) is 10.5. The van der Waals surface area contributed by atoms with Gasteiger partial charge in [-0.25, -0.2) is 9.97 Å². The van der Waals surface area contributed by atoms with Crippen molar-refractivity contribution in [2.24, 2.45) is 10.9 Å². The highest BCUT2D eigenvalue weighted by Crippen LogP contribution is 2.25. The summed E-state index contributed by atoms with van der Waals surface area (Å²) < 4.78 is 0. The predicted molar refractivity (Wildman–Crippen MR) is 60.6 cm³/mol. The molecule has 1 saturated heterocycles. The Labute approximate surface area is 93.8 Å². The second-order valence-electron chi connectivity index (χ2n) is 3.90. The first-order valence-corrected chi connectivity index (χ1v) is 5.29. The van der Waals surface area contributed by atoms with Crippen LogP contribution in [-0.2, 0) is 0 Å². The molecular weight excluding hydrogens is 206 g/mol. The molecule has 3 N–H and O–H groups in total. The molecule has 2 heterocycles. The summed E-state index contributed by atoms with van der Waals surface area (Å²) >= 11 is 0. The van der Waals surface area contributed by atoms with Crippen molar-refractivity contribution in [1.29, 1.82) is 0 Å². The van der Waals surface area contributed by atoms with E-state index in [1.165, 1.54) is 6.20 Å². The first-order chi connectivity index (χ1) is 7.74. The van der Waals surface area contributed by atoms with Crippen molar-refractivity contribution < 1.29 is 5.21 Å². The Balaban J connectivity index is 2.40. The maximum Gasteiger partial charge on any atom is 0.192 e. The molecule has 6 nitrogen and oxygen atoms in total. The van der Waals surface area contributed by atoms with Crippen molar-refractivity contribution in [2.75, 3.05) is 11.4 Å². The van der Waals surface area contributed by atoms with Crippen molar-refractivity contribution in [3.8, 4) is 0 Å². The summed E-state index contributed by atoms with van der Waals surface area (Å²) in [6, 6.07) is 0.418. The lowest BCUT2D eigenvalue weighted by molar-refractivity contribution is 0.318. The molecule has 6 heteroatoms. The fraction of sp³-hybridized carbons (Fsp3) is 0.500. The lowest BCUT2D eigenvalue weighted by Gasteiger charge is -2.23. The van der Waals surface area contributed by atoms with Crippen LogP contribution in [0.3, 0.4) is 0 Å². The van der Waals surface area contributed by atoms with Crippen molar-refractivity contribution in [1.82, 2.24) is 9.97 Å². The standard InChI is InChI=1S/C10H15N5O/c1-7-3-2-6-15(7)10-8(9(11)14-16)12-4-5-13-10/h4-5,7,16H,2-3,6H2,1H3,(H2,11,14). The summed E-state index contributed by atoms with van der Waals surface area (Å²) in [7, 11) is 0. The van der Waals surface area contributed by atoms with Gasteiger partial charge in [0.25, 0.3) is 0 Å². The van der Waals surface area contributed by atoms with Gasteiger partial charge >= 0.3 is 0 Å². The number of rotatable bonds is 2. The minimum Gasteiger partial charge on any atom is -0.409 e. The van der Waals surface area contributed by atoms with Gasteiger partial charge < -0.3 is 15.8 Å². The van der Waals surface area contributed by atoms with E-state index >= 15 is 0 Å². The highest BCUT2D eigenvalue weighted by Gasteiger charge is 2.25. The van der Waals surface area contributed by atoms with E-state index in [0.717, 1.165) is 19.4 Å². The van der Waals surface area contributed by atoms with E-state index in [1.54, 1.807) is 6.20 Å². The second kappa shape index (κ2) is 4.34. The molecule has 1 atom stereocenters. The molecule has 0 aliphatic carbocycles. The number of oxime groups is 1. The molecule has 0 aromatic carbocycles. The van der Waals surface area contributed by atoms with Crippen LogP contribution in [0.25, 0.3) is 0 Å². The van der Waals surface area contributed by atoms with E-state index in [4.69, 9.17) is 10.9 Å². The van der Waals surface area contributed by atoms with E-state index in [2.05, 4.69) is 26.9 Å². The minimum atomic E-state index is 0.00204. The van der Waals surface area contributed by atoms with Gasteiger partial charge in [0, 0.05) is 25.0 Å². The SMILES string of the molecule is CC1CCCN1c1nccnc1C(N)=NO. The zero-order valence-electron chi connectivity index (χ0n) is 9.17. The maximum atomic E-state index is 8.70. The number of nitrogens with two attached hydrogens (primary N) is 1. The third kappa shape index (κ3) is 1.78. The smallest absolute Gasteiger partial charge is 0.192 e. The summed E-state index contributed by atoms with van der Waals surface area (Å²) in [5.74, 6) is 0.699. The molecule has 1 aromatic rings. The summed E-state index contributed by atoms with van der Waals surface area (Å²) in [6.07, 6.45) is 5.42. The van der Waals surface area contributed by atoms with E-state index in [0.29, 0.717) is 17.6 Å². The minimum absolute atomic E-state index is 0.00204. The Morgan fingerprint density at radius 2 is 2.31 bits per heavy atom. The second-order valence-corrected chi connectivity index (χ2v) is 3.90. The van der Waals surface area contributed by atoms with Gasteiger partial charge in [-0.1, -0.05) is 5.16 Å². The van der Waals surface area contributed by atoms with E-state index in [1.807, 2.05) is 0 Å². The average molecular weight is 221 g/mol. The summed E-state index contributed by atoms with van der Waals surface area (Å²) in [6.45, 7) is 3.07. The first-order valence-electron chi connectivity index (χ1n) is 5.29. The van der Waals surface area contributed by atoms with Gasteiger partial charge in [0.1, 0.15) is 0 Å². The first kappa shape index (κ1) is 10.7. The fourth-order valence-electron chi connectivity index (χ4n) is 2.02. The van der Waals surface area contributed by atoms with Crippen LogP contribution in [0.2, 0.25) is 0 Å². The lowest BCUT2D eigenvalue weighted by Crippen LogP contribution is -2.31. The fourth-order valence-corrected chi connectivity index (χ4v) is 2.02. The Bertz CT molecular complexity index is 406. The van der Waals surface area contributed by atoms with Gasteiger partial charge in [0.15, 0.2) is 17.3 Å². The molecule has 0 spiro atoms. The molecule has 2 rings (SSSR count). The van der Waals surface area contributed by atoms with E-state index in [9.17, 15) is 0 Å². The number of nitrogens with zero attached hydrogens (tertiary/aromatic N) is 4. The van der Waals surface area contributed by atoms with Gasteiger partial charge in [-0.2, -0.15) is 0 Å². The van der Waals surface area contributed by atoms with Gasteiger partial charge in [-0.3, -0.25) is 0 Å². The van der Waals surface area contributed by atoms with Crippen LogP contribution in [0.4, 0.5) is 5.82 Å². The quantitative estimate of drug-likeness (QED) is 0.330. The third-order valence-electron chi connectivity index (χ3n) is 2.85. The maximum absolute atomic E-state index is 8.70. The highest BCUT2D eigenvalue weighted by molar-refractivity contribution is 5.99. The van der Waals surface area contributed by atoms with Crippen LogP contribution in [0.1, 0.15) is 25.5 Å². The number of aromatic nitrogens is 2. The summed E-state index contributed by atoms with van der Waals surface area (Å²) in [5, 5.41) is 11.7. The molecule has 0 bridgehead atoms. The molecule has 1 unspecified atom stereocenters. The number of hydrogen-bond acceptors (Lipinski definition) is 5. The third-order valence-corrected chi connectivity index (χ3v) is 2.85. The Morgan fingerprint density at radius 3 is 2.94 bits per heavy atom. The van der Waals surface area contributed by atoms with Crippen molar-refractivity contribution in [3.63, 3.8) is 0 Å². The number of hydrogen-bond donors (Lipinski definition) is 2. The van der Waals surface area contributed by atoms with Gasteiger partial charge in [-0.05, 0) is 19.8 Å². The molecule has 0 radical (unpaired) electrons. The normalized spacial score (nSPS) is 21.4. The van der Waals surface area contributed by atoms with Gasteiger partial charge in [0.2, 0.25) is 0 Å². The molecule has 1 aliphatic heterocycles. The van der Waals surface area contributed by atoms with Crippen LogP contribution >= 0.6 is 0 Å². The molecule has 1 aromatic heterocycles. The molecule has 0 saturated carbocycles. The lowest BCUT2D eigenvalue weighted by atomic mass is 10.2. The van der Waals surface area contributed by atoms with E-state index in [-0.39, 0.29) is 5.84 Å². The van der Waals surface area contributed by atoms with Crippen LogP contribution in [-0.4, -0.2) is 33.6 Å². The molecular formula is C10H15N5O. The topological polar surface area (TPSA) is 87.6 Å². The van der Waals surface area contributed by atoms with E-state index < -0.39 is 0 Å². The van der Waals surface area contributed by atoms with Gasteiger partial charge in [0.05, 0.1) is 0 Å². The van der Waals surface area contributed by atoms with Crippen LogP contribution in [0, 0.1) is 0 Å². The number of amidine groups is 1. The largest absolute Gasteiger partial charge is 0.409 e. The molecule has 0 amide bonds. The number of anilines is 1. The van der Waals surface area contributed by atoms with Crippen molar-refractivity contribution >= 4 is 11.7 Å². The molecule has 16 heavy (non-hydrogen) atoms. The van der Waals surface area contributed by atoms with Crippen molar-refractivity contribution in [2.45, 2.75) is 25.8 Å². The van der Waals surface area contributed by atoms with Crippen molar-refractivity contribution in [3.05, 3.63) is 18.1 Å². The average Bonchev–Trinajstić information content (AvgIpc) is 2.74. The zero-order chi connectivity index (χ0) is 11.5. The van der Waals surface area contributed by atoms with Crippen LogP contribution in [0.5, 0.6) is 0 Å².